The van der Waals surface area contributed by atoms with Gasteiger partial charge in [-0.05, 0) is 19.1 Å². The number of aromatic nitrogens is 3. The molecule has 142 valence electrons. The number of ether oxygens (including phenoxy) is 1. The van der Waals surface area contributed by atoms with E-state index >= 15 is 0 Å². The summed E-state index contributed by atoms with van der Waals surface area (Å²) in [5, 5.41) is 14.9. The van der Waals surface area contributed by atoms with Crippen LogP contribution in [0.5, 0.6) is 0 Å². The van der Waals surface area contributed by atoms with Crippen LogP contribution in [0.15, 0.2) is 40.7 Å². The predicted octanol–water partition coefficient (Wildman–Crippen LogP) is 2.36. The molecule has 2 heterocycles. The summed E-state index contributed by atoms with van der Waals surface area (Å²) in [4.78, 5) is 23.7. The molecular formula is C17H18ClN5O3S. The van der Waals surface area contributed by atoms with E-state index in [4.69, 9.17) is 16.3 Å². The lowest BCUT2D eigenvalue weighted by Crippen LogP contribution is -2.44. The van der Waals surface area contributed by atoms with Gasteiger partial charge in [-0.1, -0.05) is 35.5 Å². The van der Waals surface area contributed by atoms with Crippen LogP contribution in [-0.2, 0) is 16.6 Å². The second kappa shape index (κ2) is 8.45. The molecule has 27 heavy (non-hydrogen) atoms. The maximum atomic E-state index is 12.1. The van der Waals surface area contributed by atoms with E-state index in [0.29, 0.717) is 33.0 Å². The molecule has 0 bridgehead atoms. The molecule has 0 unspecified atom stereocenters. The van der Waals surface area contributed by atoms with Gasteiger partial charge in [-0.3, -0.25) is 0 Å². The van der Waals surface area contributed by atoms with Gasteiger partial charge in [0, 0.05) is 24.1 Å². The molecule has 0 radical (unpaired) electrons. The summed E-state index contributed by atoms with van der Waals surface area (Å²) >= 11 is 7.59. The summed E-state index contributed by atoms with van der Waals surface area (Å²) in [6, 6.07) is 7.03. The monoisotopic (exact) mass is 407 g/mol. The summed E-state index contributed by atoms with van der Waals surface area (Å²) in [7, 11) is 1.84. The van der Waals surface area contributed by atoms with Crippen LogP contribution >= 0.6 is 23.4 Å². The number of halogens is 1. The second-order valence-electron chi connectivity index (χ2n) is 5.62. The van der Waals surface area contributed by atoms with Crippen molar-refractivity contribution in [2.45, 2.75) is 12.1 Å². The minimum Gasteiger partial charge on any atom is -0.463 e. The summed E-state index contributed by atoms with van der Waals surface area (Å²) < 4.78 is 6.87. The molecule has 1 aliphatic rings. The first-order chi connectivity index (χ1) is 13.0. The van der Waals surface area contributed by atoms with Crippen molar-refractivity contribution >= 4 is 35.4 Å². The topological polar surface area (TPSA) is 98.1 Å². The third-order valence-corrected chi connectivity index (χ3v) is 5.25. The normalized spacial score (nSPS) is 14.0. The summed E-state index contributed by atoms with van der Waals surface area (Å²) in [5.74, 6) is 0.531. The highest BCUT2D eigenvalue weighted by atomic mass is 35.5. The first-order valence-electron chi connectivity index (χ1n) is 8.22. The predicted molar refractivity (Wildman–Crippen MR) is 102 cm³/mol. The number of benzene rings is 1. The van der Waals surface area contributed by atoms with Gasteiger partial charge < -0.3 is 19.9 Å². The largest absolute Gasteiger partial charge is 0.463 e. The van der Waals surface area contributed by atoms with Crippen molar-refractivity contribution < 1.29 is 14.3 Å². The highest BCUT2D eigenvalue weighted by molar-refractivity contribution is 7.99. The van der Waals surface area contributed by atoms with E-state index in [9.17, 15) is 9.59 Å². The average molecular weight is 408 g/mol. The van der Waals surface area contributed by atoms with Crippen molar-refractivity contribution in [3.05, 3.63) is 40.6 Å². The molecule has 0 spiro atoms. The molecule has 0 aliphatic carbocycles. The Balaban J connectivity index is 1.80. The Labute approximate surface area is 165 Å². The number of rotatable bonds is 6. The molecule has 2 amide bonds. The number of esters is 1. The molecule has 8 nitrogen and oxygen atoms in total. The first-order valence-corrected chi connectivity index (χ1v) is 9.58. The van der Waals surface area contributed by atoms with E-state index in [1.807, 2.05) is 29.8 Å². The van der Waals surface area contributed by atoms with Crippen LogP contribution < -0.4 is 10.6 Å². The van der Waals surface area contributed by atoms with Crippen molar-refractivity contribution in [3.8, 4) is 11.4 Å². The molecule has 0 saturated heterocycles. The van der Waals surface area contributed by atoms with E-state index in [1.165, 1.54) is 11.8 Å². The van der Waals surface area contributed by atoms with Crippen molar-refractivity contribution in [1.29, 1.82) is 0 Å². The zero-order valence-corrected chi connectivity index (χ0v) is 16.4. The summed E-state index contributed by atoms with van der Waals surface area (Å²) in [5.41, 5.74) is 1.68. The molecular weight excluding hydrogens is 390 g/mol. The Hall–Kier alpha value is -2.52. The Morgan fingerprint density at radius 3 is 2.89 bits per heavy atom. The Morgan fingerprint density at radius 2 is 2.15 bits per heavy atom. The SMILES string of the molecule is CCOC(=O)C1=C(CSc2nnc(-c3ccccc3Cl)n2C)NC(=O)NC1. The number of carbonyl (C=O) groups is 2. The minimum atomic E-state index is -0.449. The van der Waals surface area contributed by atoms with Gasteiger partial charge in [-0.25, -0.2) is 9.59 Å². The fourth-order valence-corrected chi connectivity index (χ4v) is 3.64. The number of hydrogen-bond acceptors (Lipinski definition) is 6. The van der Waals surface area contributed by atoms with E-state index in [0.717, 1.165) is 5.56 Å². The number of nitrogens with zero attached hydrogens (tertiary/aromatic N) is 3. The minimum absolute atomic E-state index is 0.129. The zero-order valence-electron chi connectivity index (χ0n) is 14.8. The lowest BCUT2D eigenvalue weighted by Gasteiger charge is -2.20. The Bertz CT molecular complexity index is 912. The van der Waals surface area contributed by atoms with Crippen LogP contribution in [0.3, 0.4) is 0 Å². The third-order valence-electron chi connectivity index (χ3n) is 3.87. The molecule has 1 aromatic heterocycles. The van der Waals surface area contributed by atoms with Crippen LogP contribution in [0.2, 0.25) is 5.02 Å². The highest BCUT2D eigenvalue weighted by Gasteiger charge is 2.24. The van der Waals surface area contributed by atoms with Crippen molar-refractivity contribution in [2.75, 3.05) is 18.9 Å². The third kappa shape index (κ3) is 4.25. The highest BCUT2D eigenvalue weighted by Crippen LogP contribution is 2.29. The molecule has 0 atom stereocenters. The van der Waals surface area contributed by atoms with Gasteiger partial charge in [0.15, 0.2) is 11.0 Å². The number of urea groups is 1. The van der Waals surface area contributed by atoms with E-state index < -0.39 is 5.97 Å². The zero-order chi connectivity index (χ0) is 19.4. The van der Waals surface area contributed by atoms with Crippen LogP contribution in [0.4, 0.5) is 4.79 Å². The maximum Gasteiger partial charge on any atom is 0.337 e. The van der Waals surface area contributed by atoms with Crippen LogP contribution in [0, 0.1) is 0 Å². The molecule has 10 heteroatoms. The average Bonchev–Trinajstić information content (AvgIpc) is 3.01. The molecule has 0 fully saturated rings. The summed E-state index contributed by atoms with van der Waals surface area (Å²) in [6.07, 6.45) is 0. The fraction of sp³-hybridized carbons (Fsp3) is 0.294. The molecule has 3 rings (SSSR count). The number of carbonyl (C=O) groups excluding carboxylic acids is 2. The van der Waals surface area contributed by atoms with Crippen molar-refractivity contribution in [2.24, 2.45) is 7.05 Å². The molecule has 0 saturated carbocycles. The van der Waals surface area contributed by atoms with Crippen molar-refractivity contribution in [3.63, 3.8) is 0 Å². The van der Waals surface area contributed by atoms with E-state index in [1.54, 1.807) is 13.0 Å². The van der Waals surface area contributed by atoms with Gasteiger partial charge in [0.1, 0.15) is 0 Å². The van der Waals surface area contributed by atoms with Crippen LogP contribution in [-0.4, -0.2) is 45.7 Å². The van der Waals surface area contributed by atoms with Gasteiger partial charge in [-0.15, -0.1) is 10.2 Å². The van der Waals surface area contributed by atoms with Crippen molar-refractivity contribution in [1.82, 2.24) is 25.4 Å². The fourth-order valence-electron chi connectivity index (χ4n) is 2.52. The Morgan fingerprint density at radius 1 is 1.37 bits per heavy atom. The lowest BCUT2D eigenvalue weighted by atomic mass is 10.2. The van der Waals surface area contributed by atoms with Gasteiger partial charge in [-0.2, -0.15) is 0 Å². The molecule has 2 aromatic rings. The van der Waals surface area contributed by atoms with Gasteiger partial charge >= 0.3 is 12.0 Å². The van der Waals surface area contributed by atoms with E-state index in [2.05, 4.69) is 20.8 Å². The molecule has 1 aromatic carbocycles. The smallest absolute Gasteiger partial charge is 0.337 e. The molecule has 1 aliphatic heterocycles. The van der Waals surface area contributed by atoms with Gasteiger partial charge in [0.2, 0.25) is 0 Å². The van der Waals surface area contributed by atoms with Crippen LogP contribution in [0.1, 0.15) is 6.92 Å². The second-order valence-corrected chi connectivity index (χ2v) is 6.97. The van der Waals surface area contributed by atoms with E-state index in [-0.39, 0.29) is 19.2 Å². The van der Waals surface area contributed by atoms with Crippen LogP contribution in [0.25, 0.3) is 11.4 Å². The van der Waals surface area contributed by atoms with Gasteiger partial charge in [0.25, 0.3) is 0 Å². The Kier molecular flexibility index (Phi) is 6.02. The number of hydrogen-bond donors (Lipinski definition) is 2. The number of nitrogens with one attached hydrogen (secondary N) is 2. The lowest BCUT2D eigenvalue weighted by molar-refractivity contribution is -0.138. The first kappa shape index (κ1) is 19.2. The quantitative estimate of drug-likeness (QED) is 0.563. The van der Waals surface area contributed by atoms with Gasteiger partial charge in [0.05, 0.1) is 23.7 Å². The maximum absolute atomic E-state index is 12.1. The number of amides is 2. The summed E-state index contributed by atoms with van der Waals surface area (Å²) in [6.45, 7) is 2.13. The standard InChI is InChI=1S/C17H18ClN5O3S/c1-3-26-15(24)11-8-19-16(25)20-13(11)9-27-17-22-21-14(23(17)2)10-6-4-5-7-12(10)18/h4-7H,3,8-9H2,1-2H3,(H2,19,20,25). The molecule has 2 N–H and O–H groups in total. The number of thioether (sulfide) groups is 1.